The lowest BCUT2D eigenvalue weighted by Crippen LogP contribution is -2.46. The molecule has 0 atom stereocenters. The van der Waals surface area contributed by atoms with Gasteiger partial charge in [0.25, 0.3) is 0 Å². The van der Waals surface area contributed by atoms with Gasteiger partial charge in [-0.3, -0.25) is 4.90 Å². The number of rotatable bonds is 5. The number of piperidine rings is 1. The van der Waals surface area contributed by atoms with Crippen LogP contribution >= 0.6 is 0 Å². The van der Waals surface area contributed by atoms with Crippen LogP contribution in [0.2, 0.25) is 0 Å². The number of fused-ring (bicyclic) bond motifs is 2. The highest BCUT2D eigenvalue weighted by molar-refractivity contribution is 5.50. The van der Waals surface area contributed by atoms with Crippen LogP contribution in [0.1, 0.15) is 36.7 Å². The second kappa shape index (κ2) is 7.48. The van der Waals surface area contributed by atoms with Gasteiger partial charge in [-0.2, -0.15) is 5.10 Å². The molecule has 0 aliphatic carbocycles. The zero-order chi connectivity index (χ0) is 18.9. The molecular weight excluding hydrogens is 344 g/mol. The first-order chi connectivity index (χ1) is 13.2. The average molecular weight is 372 g/mol. The zero-order valence-corrected chi connectivity index (χ0v) is 16.4. The maximum atomic E-state index is 6.38. The molecule has 0 radical (unpaired) electrons. The van der Waals surface area contributed by atoms with Gasteiger partial charge in [0.05, 0.1) is 33.0 Å². The first-order valence-electron chi connectivity index (χ1n) is 9.67. The highest BCUT2D eigenvalue weighted by Crippen LogP contribution is 2.45. The Balaban J connectivity index is 1.53. The van der Waals surface area contributed by atoms with E-state index in [4.69, 9.17) is 14.2 Å². The van der Waals surface area contributed by atoms with E-state index in [1.54, 1.807) is 20.5 Å². The third kappa shape index (κ3) is 3.30. The fourth-order valence-corrected chi connectivity index (χ4v) is 4.35. The van der Waals surface area contributed by atoms with E-state index < -0.39 is 0 Å². The molecule has 3 heterocycles. The maximum absolute atomic E-state index is 6.38. The minimum Gasteiger partial charge on any atom is -0.493 e. The Morgan fingerprint density at radius 2 is 1.89 bits per heavy atom. The summed E-state index contributed by atoms with van der Waals surface area (Å²) < 4.78 is 19.4. The number of likely N-dealkylation sites (tertiary alicyclic amines) is 1. The third-order valence-corrected chi connectivity index (χ3v) is 5.87. The Morgan fingerprint density at radius 1 is 1.15 bits per heavy atom. The molecule has 7 heteroatoms. The van der Waals surface area contributed by atoms with Gasteiger partial charge >= 0.3 is 0 Å². The summed E-state index contributed by atoms with van der Waals surface area (Å²) in [4.78, 5) is 6.86. The van der Waals surface area contributed by atoms with E-state index in [0.717, 1.165) is 69.4 Å². The smallest absolute Gasteiger partial charge is 0.161 e. The summed E-state index contributed by atoms with van der Waals surface area (Å²) >= 11 is 0. The molecule has 2 aliphatic rings. The molecule has 2 aliphatic heterocycles. The summed E-state index contributed by atoms with van der Waals surface area (Å²) in [6.07, 6.45) is 4.50. The SMILES string of the molecule is CCn1ncnc1CN1CCC2(CC1)OCCc1cc(OC)c(OC)cc12. The van der Waals surface area contributed by atoms with Crippen LogP contribution < -0.4 is 9.47 Å². The molecular formula is C20H28N4O3. The Morgan fingerprint density at radius 3 is 2.59 bits per heavy atom. The third-order valence-electron chi connectivity index (χ3n) is 5.87. The molecule has 1 aromatic carbocycles. The van der Waals surface area contributed by atoms with Gasteiger partial charge in [-0.15, -0.1) is 0 Å². The van der Waals surface area contributed by atoms with Crippen LogP contribution in [-0.4, -0.2) is 53.6 Å². The van der Waals surface area contributed by atoms with Crippen molar-refractivity contribution in [2.24, 2.45) is 0 Å². The Kier molecular flexibility index (Phi) is 5.06. The molecule has 0 unspecified atom stereocenters. The number of aryl methyl sites for hydroxylation is 1. The van der Waals surface area contributed by atoms with Crippen molar-refractivity contribution >= 4 is 0 Å². The van der Waals surface area contributed by atoms with Gasteiger partial charge in [0.15, 0.2) is 11.5 Å². The monoisotopic (exact) mass is 372 g/mol. The summed E-state index contributed by atoms with van der Waals surface area (Å²) in [6, 6.07) is 4.24. The van der Waals surface area contributed by atoms with Gasteiger partial charge in [0.2, 0.25) is 0 Å². The predicted molar refractivity (Wildman–Crippen MR) is 101 cm³/mol. The lowest BCUT2D eigenvalue weighted by Gasteiger charge is -2.45. The molecule has 146 valence electrons. The van der Waals surface area contributed by atoms with Gasteiger partial charge in [0, 0.05) is 19.6 Å². The summed E-state index contributed by atoms with van der Waals surface area (Å²) in [5.41, 5.74) is 2.36. The Hall–Kier alpha value is -2.12. The standard InChI is InChI=1S/C20H28N4O3/c1-4-24-19(21-14-22-24)13-23-8-6-20(7-9-23)16-12-18(26-3)17(25-2)11-15(16)5-10-27-20/h11-12,14H,4-10,13H2,1-3H3. The number of ether oxygens (including phenoxy) is 3. The molecule has 0 bridgehead atoms. The van der Waals surface area contributed by atoms with E-state index in [1.165, 1.54) is 11.1 Å². The first kappa shape index (κ1) is 18.3. The van der Waals surface area contributed by atoms with Crippen LogP contribution in [0.15, 0.2) is 18.5 Å². The number of hydrogen-bond acceptors (Lipinski definition) is 6. The van der Waals surface area contributed by atoms with Gasteiger partial charge in [-0.1, -0.05) is 0 Å². The van der Waals surface area contributed by atoms with Gasteiger partial charge < -0.3 is 14.2 Å². The van der Waals surface area contributed by atoms with Crippen LogP contribution in [0, 0.1) is 0 Å². The van der Waals surface area contributed by atoms with Crippen LogP contribution in [0.25, 0.3) is 0 Å². The minimum absolute atomic E-state index is 0.220. The van der Waals surface area contributed by atoms with Crippen LogP contribution in [0.5, 0.6) is 11.5 Å². The zero-order valence-electron chi connectivity index (χ0n) is 16.4. The number of aromatic nitrogens is 3. The second-order valence-corrected chi connectivity index (χ2v) is 7.23. The van der Waals surface area contributed by atoms with Crippen LogP contribution in [0.3, 0.4) is 0 Å². The molecule has 1 fully saturated rings. The topological polar surface area (TPSA) is 61.6 Å². The number of benzene rings is 1. The molecule has 0 amide bonds. The molecule has 1 aromatic heterocycles. The van der Waals surface area contributed by atoms with E-state index >= 15 is 0 Å². The van der Waals surface area contributed by atoms with Crippen LogP contribution in [-0.2, 0) is 29.8 Å². The lowest BCUT2D eigenvalue weighted by atomic mass is 9.79. The lowest BCUT2D eigenvalue weighted by molar-refractivity contribution is -0.0993. The summed E-state index contributed by atoms with van der Waals surface area (Å²) in [5, 5.41) is 4.28. The van der Waals surface area contributed by atoms with E-state index in [1.807, 2.05) is 4.68 Å². The Bertz CT molecular complexity index is 797. The van der Waals surface area contributed by atoms with Crippen molar-refractivity contribution < 1.29 is 14.2 Å². The van der Waals surface area contributed by atoms with Gasteiger partial charge in [0.1, 0.15) is 12.2 Å². The average Bonchev–Trinajstić information content (AvgIpc) is 3.16. The van der Waals surface area contributed by atoms with E-state index in [0.29, 0.717) is 0 Å². The maximum Gasteiger partial charge on any atom is 0.161 e. The van der Waals surface area contributed by atoms with E-state index in [9.17, 15) is 0 Å². The van der Waals surface area contributed by atoms with Crippen molar-refractivity contribution in [3.8, 4) is 11.5 Å². The highest BCUT2D eigenvalue weighted by atomic mass is 16.5. The van der Waals surface area contributed by atoms with E-state index in [-0.39, 0.29) is 5.60 Å². The summed E-state index contributed by atoms with van der Waals surface area (Å²) in [7, 11) is 3.37. The fourth-order valence-electron chi connectivity index (χ4n) is 4.35. The fraction of sp³-hybridized carbons (Fsp3) is 0.600. The molecule has 27 heavy (non-hydrogen) atoms. The molecule has 1 saturated heterocycles. The number of methoxy groups -OCH3 is 2. The normalized spacial score (nSPS) is 19.1. The van der Waals surface area contributed by atoms with Gasteiger partial charge in [-0.25, -0.2) is 9.67 Å². The molecule has 4 rings (SSSR count). The number of hydrogen-bond donors (Lipinski definition) is 0. The van der Waals surface area contributed by atoms with Crippen molar-refractivity contribution in [2.75, 3.05) is 33.9 Å². The minimum atomic E-state index is -0.220. The molecule has 0 saturated carbocycles. The van der Waals surface area contributed by atoms with Gasteiger partial charge in [-0.05, 0) is 49.4 Å². The van der Waals surface area contributed by atoms with Crippen molar-refractivity contribution in [3.05, 3.63) is 35.4 Å². The van der Waals surface area contributed by atoms with Crippen molar-refractivity contribution in [2.45, 2.75) is 44.9 Å². The van der Waals surface area contributed by atoms with Crippen molar-refractivity contribution in [1.29, 1.82) is 0 Å². The predicted octanol–water partition coefficient (Wildman–Crippen LogP) is 2.38. The Labute approximate surface area is 160 Å². The van der Waals surface area contributed by atoms with Crippen molar-refractivity contribution in [1.82, 2.24) is 19.7 Å². The number of nitrogens with zero attached hydrogens (tertiary/aromatic N) is 4. The molecule has 7 nitrogen and oxygen atoms in total. The largest absolute Gasteiger partial charge is 0.493 e. The molecule has 2 aromatic rings. The van der Waals surface area contributed by atoms with Crippen LogP contribution in [0.4, 0.5) is 0 Å². The molecule has 0 N–H and O–H groups in total. The molecule has 1 spiro atoms. The second-order valence-electron chi connectivity index (χ2n) is 7.23. The quantitative estimate of drug-likeness (QED) is 0.803. The summed E-state index contributed by atoms with van der Waals surface area (Å²) in [5.74, 6) is 2.61. The summed E-state index contributed by atoms with van der Waals surface area (Å²) in [6.45, 7) is 6.49. The van der Waals surface area contributed by atoms with E-state index in [2.05, 4.69) is 34.0 Å². The van der Waals surface area contributed by atoms with Crippen molar-refractivity contribution in [3.63, 3.8) is 0 Å². The first-order valence-corrected chi connectivity index (χ1v) is 9.67. The highest BCUT2D eigenvalue weighted by Gasteiger charge is 2.41.